The summed E-state index contributed by atoms with van der Waals surface area (Å²) in [7, 11) is -3.66. The van der Waals surface area contributed by atoms with E-state index in [4.69, 9.17) is 0 Å². The van der Waals surface area contributed by atoms with Crippen LogP contribution in [0.15, 0.2) is 53.3 Å². The average Bonchev–Trinajstić information content (AvgIpc) is 3.47. The highest BCUT2D eigenvalue weighted by atomic mass is 32.2. The van der Waals surface area contributed by atoms with E-state index in [-0.39, 0.29) is 21.7 Å². The molecule has 158 valence electrons. The molecule has 0 bridgehead atoms. The van der Waals surface area contributed by atoms with Crippen LogP contribution in [0.25, 0.3) is 5.69 Å². The van der Waals surface area contributed by atoms with Crippen molar-refractivity contribution in [1.29, 1.82) is 0 Å². The fraction of sp³-hybridized carbons (Fsp3) is 0.350. The Balaban J connectivity index is 1.49. The number of hydrogen-bond donors (Lipinski definition) is 1. The molecule has 1 atom stereocenters. The zero-order chi connectivity index (χ0) is 21.1. The van der Waals surface area contributed by atoms with Crippen LogP contribution in [0.4, 0.5) is 0 Å². The second-order valence-electron chi connectivity index (χ2n) is 7.21. The number of sulfonamides is 1. The zero-order valence-electron chi connectivity index (χ0n) is 16.6. The van der Waals surface area contributed by atoms with E-state index < -0.39 is 10.0 Å². The Kier molecular flexibility index (Phi) is 5.98. The first kappa shape index (κ1) is 20.7. The molecular formula is C20H23N5O3S2. The van der Waals surface area contributed by atoms with Gasteiger partial charge in [0.15, 0.2) is 0 Å². The number of hydrogen-bond acceptors (Lipinski definition) is 6. The van der Waals surface area contributed by atoms with Crippen molar-refractivity contribution in [3.8, 4) is 5.69 Å². The Labute approximate surface area is 179 Å². The molecule has 1 amide bonds. The van der Waals surface area contributed by atoms with Gasteiger partial charge in [0.1, 0.15) is 22.4 Å². The second-order valence-corrected chi connectivity index (χ2v) is 10.0. The van der Waals surface area contributed by atoms with E-state index in [0.29, 0.717) is 13.1 Å². The highest BCUT2D eigenvalue weighted by molar-refractivity contribution is 7.89. The van der Waals surface area contributed by atoms with E-state index in [2.05, 4.69) is 15.4 Å². The van der Waals surface area contributed by atoms with Gasteiger partial charge in [-0.2, -0.15) is 9.40 Å². The van der Waals surface area contributed by atoms with Crippen LogP contribution in [0.2, 0.25) is 0 Å². The largest absolute Gasteiger partial charge is 0.345 e. The molecule has 1 aromatic carbocycles. The summed E-state index contributed by atoms with van der Waals surface area (Å²) < 4.78 is 29.2. The first-order valence-corrected chi connectivity index (χ1v) is 12.1. The summed E-state index contributed by atoms with van der Waals surface area (Å²) >= 11 is 1.15. The third kappa shape index (κ3) is 4.16. The third-order valence-electron chi connectivity index (χ3n) is 5.19. The van der Waals surface area contributed by atoms with Crippen LogP contribution in [0.5, 0.6) is 0 Å². The summed E-state index contributed by atoms with van der Waals surface area (Å²) in [5.74, 6) is -0.381. The molecule has 1 aliphatic heterocycles. The number of carbonyl (C=O) groups is 1. The molecule has 2 aromatic heterocycles. The van der Waals surface area contributed by atoms with Crippen molar-refractivity contribution in [2.24, 2.45) is 0 Å². The fourth-order valence-corrected chi connectivity index (χ4v) is 6.33. The van der Waals surface area contributed by atoms with Gasteiger partial charge in [0.25, 0.3) is 5.91 Å². The smallest absolute Gasteiger partial charge is 0.263 e. The van der Waals surface area contributed by atoms with Crippen molar-refractivity contribution >= 4 is 27.3 Å². The predicted molar refractivity (Wildman–Crippen MR) is 114 cm³/mol. The van der Waals surface area contributed by atoms with E-state index in [1.807, 2.05) is 31.2 Å². The molecule has 0 saturated carbocycles. The van der Waals surface area contributed by atoms with Gasteiger partial charge < -0.3 is 5.32 Å². The van der Waals surface area contributed by atoms with Crippen LogP contribution in [0.3, 0.4) is 0 Å². The molecule has 1 saturated heterocycles. The lowest BCUT2D eigenvalue weighted by Gasteiger charge is -2.26. The number of rotatable bonds is 6. The molecule has 0 spiro atoms. The van der Waals surface area contributed by atoms with Gasteiger partial charge >= 0.3 is 0 Å². The summed E-state index contributed by atoms with van der Waals surface area (Å²) in [5, 5.41) is 8.67. The molecule has 10 heteroatoms. The maximum atomic E-state index is 13.0. The minimum Gasteiger partial charge on any atom is -0.345 e. The zero-order valence-corrected chi connectivity index (χ0v) is 18.2. The first-order valence-electron chi connectivity index (χ1n) is 9.80. The quantitative estimate of drug-likeness (QED) is 0.629. The monoisotopic (exact) mass is 445 g/mol. The number of piperidine rings is 1. The number of amides is 1. The van der Waals surface area contributed by atoms with Crippen LogP contribution < -0.4 is 5.32 Å². The minimum absolute atomic E-state index is 0.0978. The second kappa shape index (κ2) is 8.66. The van der Waals surface area contributed by atoms with Gasteiger partial charge in [-0.1, -0.05) is 18.6 Å². The van der Waals surface area contributed by atoms with Crippen molar-refractivity contribution in [3.05, 3.63) is 58.8 Å². The third-order valence-corrected chi connectivity index (χ3v) is 8.18. The van der Waals surface area contributed by atoms with E-state index in [9.17, 15) is 13.2 Å². The summed E-state index contributed by atoms with van der Waals surface area (Å²) in [6.45, 7) is 2.89. The van der Waals surface area contributed by atoms with Crippen molar-refractivity contribution in [2.45, 2.75) is 37.1 Å². The summed E-state index contributed by atoms with van der Waals surface area (Å²) in [6.07, 6.45) is 5.82. The van der Waals surface area contributed by atoms with Gasteiger partial charge in [0.05, 0.1) is 11.7 Å². The normalized spacial score (nSPS) is 16.3. The van der Waals surface area contributed by atoms with Crippen LogP contribution in [-0.2, 0) is 10.0 Å². The first-order chi connectivity index (χ1) is 14.5. The van der Waals surface area contributed by atoms with Gasteiger partial charge in [-0.15, -0.1) is 11.3 Å². The van der Waals surface area contributed by atoms with E-state index >= 15 is 0 Å². The van der Waals surface area contributed by atoms with Gasteiger partial charge in [0, 0.05) is 13.1 Å². The minimum atomic E-state index is -3.66. The number of carbonyl (C=O) groups excluding carboxylic acids is 1. The van der Waals surface area contributed by atoms with E-state index in [1.54, 1.807) is 16.4 Å². The molecule has 1 aliphatic rings. The van der Waals surface area contributed by atoms with E-state index in [1.165, 1.54) is 16.7 Å². The Morgan fingerprint density at radius 2 is 1.87 bits per heavy atom. The highest BCUT2D eigenvalue weighted by Gasteiger charge is 2.31. The SMILES string of the molecule is CC(NC(=O)c1sccc1S(=O)(=O)N1CCCCC1)c1ccc(-n2cncn2)cc1. The molecule has 0 radical (unpaired) electrons. The molecule has 8 nitrogen and oxygen atoms in total. The molecule has 30 heavy (non-hydrogen) atoms. The molecule has 3 aromatic rings. The predicted octanol–water partition coefficient (Wildman–Crippen LogP) is 2.99. The van der Waals surface area contributed by atoms with Crippen LogP contribution in [0, 0.1) is 0 Å². The number of nitrogens with one attached hydrogen (secondary N) is 1. The number of thiophene rings is 1. The van der Waals surface area contributed by atoms with Crippen LogP contribution in [-0.4, -0.2) is 46.5 Å². The number of benzene rings is 1. The average molecular weight is 446 g/mol. The van der Waals surface area contributed by atoms with Gasteiger partial charge in [0.2, 0.25) is 10.0 Å². The lowest BCUT2D eigenvalue weighted by Crippen LogP contribution is -2.36. The number of nitrogens with zero attached hydrogens (tertiary/aromatic N) is 4. The van der Waals surface area contributed by atoms with Gasteiger partial charge in [-0.25, -0.2) is 18.1 Å². The van der Waals surface area contributed by atoms with Crippen molar-refractivity contribution < 1.29 is 13.2 Å². The molecule has 4 rings (SSSR count). The Bertz CT molecular complexity index is 1100. The van der Waals surface area contributed by atoms with E-state index in [0.717, 1.165) is 41.9 Å². The maximum Gasteiger partial charge on any atom is 0.263 e. The molecule has 1 unspecified atom stereocenters. The fourth-order valence-electron chi connectivity index (χ4n) is 3.51. The lowest BCUT2D eigenvalue weighted by atomic mass is 10.1. The standard InChI is InChI=1S/C20H23N5O3S2/c1-15(16-5-7-17(8-6-16)25-14-21-13-22-25)23-20(26)19-18(9-12-29-19)30(27,28)24-10-3-2-4-11-24/h5-9,12-15H,2-4,10-11H2,1H3,(H,23,26). The summed E-state index contributed by atoms with van der Waals surface area (Å²) in [6, 6.07) is 8.84. The molecule has 3 heterocycles. The number of aromatic nitrogens is 3. The molecule has 1 N–H and O–H groups in total. The maximum absolute atomic E-state index is 13.0. The topological polar surface area (TPSA) is 97.2 Å². The molecular weight excluding hydrogens is 422 g/mol. The van der Waals surface area contributed by atoms with Crippen LogP contribution in [0.1, 0.15) is 47.5 Å². The molecule has 1 fully saturated rings. The Morgan fingerprint density at radius 1 is 1.13 bits per heavy atom. The van der Waals surface area contributed by atoms with Gasteiger partial charge in [-0.05, 0) is 48.9 Å². The lowest BCUT2D eigenvalue weighted by molar-refractivity contribution is 0.0941. The summed E-state index contributed by atoms with van der Waals surface area (Å²) in [5.41, 5.74) is 1.77. The highest BCUT2D eigenvalue weighted by Crippen LogP contribution is 2.28. The van der Waals surface area contributed by atoms with Gasteiger partial charge in [-0.3, -0.25) is 4.79 Å². The molecule has 0 aliphatic carbocycles. The van der Waals surface area contributed by atoms with Crippen molar-refractivity contribution in [3.63, 3.8) is 0 Å². The van der Waals surface area contributed by atoms with Crippen molar-refractivity contribution in [2.75, 3.05) is 13.1 Å². The Morgan fingerprint density at radius 3 is 2.53 bits per heavy atom. The van der Waals surface area contributed by atoms with Crippen molar-refractivity contribution in [1.82, 2.24) is 24.4 Å². The summed E-state index contributed by atoms with van der Waals surface area (Å²) in [4.78, 5) is 17.1. The van der Waals surface area contributed by atoms with Crippen LogP contribution >= 0.6 is 11.3 Å². The Hall–Kier alpha value is -2.56.